The third kappa shape index (κ3) is 3.80. The average molecular weight is 506 g/mol. The van der Waals surface area contributed by atoms with E-state index >= 15 is 0 Å². The molecule has 14 heteroatoms. The van der Waals surface area contributed by atoms with Crippen LogP contribution in [0.5, 0.6) is 5.88 Å². The summed E-state index contributed by atoms with van der Waals surface area (Å²) in [5.74, 6) is -2.71. The summed E-state index contributed by atoms with van der Waals surface area (Å²) >= 11 is 0. The van der Waals surface area contributed by atoms with Crippen molar-refractivity contribution in [3.63, 3.8) is 0 Å². The molecule has 1 N–H and O–H groups in total. The Labute approximate surface area is 201 Å². The van der Waals surface area contributed by atoms with Gasteiger partial charge < -0.3 is 14.8 Å². The van der Waals surface area contributed by atoms with Crippen LogP contribution in [0.2, 0.25) is 0 Å². The van der Waals surface area contributed by atoms with E-state index in [2.05, 4.69) is 25.4 Å². The first kappa shape index (κ1) is 22.9. The lowest BCUT2D eigenvalue weighted by molar-refractivity contribution is -0.131. The topological polar surface area (TPSA) is 94.1 Å². The summed E-state index contributed by atoms with van der Waals surface area (Å²) in [5.41, 5.74) is 1.23. The zero-order valence-corrected chi connectivity index (χ0v) is 19.1. The SMILES string of the molecule is COc1nc(NC2CCN(C3COC3)CC2(F)F)nn2ccc(-c3cnc4ncc(C(F)F)n4c3)c12. The lowest BCUT2D eigenvalue weighted by Crippen LogP contribution is -2.61. The van der Waals surface area contributed by atoms with E-state index in [9.17, 15) is 17.6 Å². The van der Waals surface area contributed by atoms with Gasteiger partial charge in [-0.05, 0) is 12.5 Å². The zero-order chi connectivity index (χ0) is 25.0. The molecule has 2 saturated heterocycles. The van der Waals surface area contributed by atoms with Crippen molar-refractivity contribution in [2.45, 2.75) is 30.9 Å². The number of nitrogens with zero attached hydrogens (tertiary/aromatic N) is 7. The standard InChI is InChI=1S/C22H22F4N8O2/c1-35-19-17-14(12-6-27-21-28-7-15(18(23)24)33(21)8-12)2-5-34(17)31-20(30-19)29-16-3-4-32(11-22(16,25)26)13-9-36-10-13/h2,5-8,13,16,18H,3-4,9-11H2,1H3,(H,29,31). The van der Waals surface area contributed by atoms with Crippen LogP contribution in [0.3, 0.4) is 0 Å². The van der Waals surface area contributed by atoms with E-state index in [1.165, 1.54) is 28.4 Å². The van der Waals surface area contributed by atoms with E-state index in [0.717, 1.165) is 6.20 Å². The minimum Gasteiger partial charge on any atom is -0.479 e. The van der Waals surface area contributed by atoms with Crippen molar-refractivity contribution in [1.29, 1.82) is 0 Å². The van der Waals surface area contributed by atoms with Crippen LogP contribution in [0.4, 0.5) is 23.5 Å². The minimum absolute atomic E-state index is 0.00484. The van der Waals surface area contributed by atoms with Crippen molar-refractivity contribution in [2.75, 3.05) is 38.7 Å². The van der Waals surface area contributed by atoms with Crippen LogP contribution in [0.15, 0.2) is 30.9 Å². The molecule has 2 aliphatic heterocycles. The van der Waals surface area contributed by atoms with Crippen molar-refractivity contribution in [3.8, 4) is 17.0 Å². The predicted molar refractivity (Wildman–Crippen MR) is 120 cm³/mol. The molecule has 0 amide bonds. The number of halogens is 4. The molecule has 0 bridgehead atoms. The van der Waals surface area contributed by atoms with Gasteiger partial charge in [0.05, 0.1) is 45.1 Å². The Hall–Kier alpha value is -3.52. The van der Waals surface area contributed by atoms with Gasteiger partial charge in [0.2, 0.25) is 17.6 Å². The molecule has 2 aliphatic rings. The number of nitrogens with one attached hydrogen (secondary N) is 1. The van der Waals surface area contributed by atoms with Crippen LogP contribution in [-0.2, 0) is 4.74 Å². The normalized spacial score (nSPS) is 20.8. The minimum atomic E-state index is -2.99. The van der Waals surface area contributed by atoms with E-state index in [-0.39, 0.29) is 42.3 Å². The molecular weight excluding hydrogens is 484 g/mol. The smallest absolute Gasteiger partial charge is 0.280 e. The highest BCUT2D eigenvalue weighted by Crippen LogP contribution is 2.34. The lowest BCUT2D eigenvalue weighted by Gasteiger charge is -2.44. The maximum atomic E-state index is 14.9. The molecule has 6 rings (SSSR count). The van der Waals surface area contributed by atoms with Gasteiger partial charge in [0.1, 0.15) is 11.2 Å². The number of ether oxygens (including phenoxy) is 2. The Morgan fingerprint density at radius 1 is 1.22 bits per heavy atom. The van der Waals surface area contributed by atoms with Gasteiger partial charge in [0, 0.05) is 36.3 Å². The fourth-order valence-electron chi connectivity index (χ4n) is 4.67. The molecular formula is C22H22F4N8O2. The number of likely N-dealkylation sites (tertiary alicyclic amines) is 1. The number of aromatic nitrogens is 6. The van der Waals surface area contributed by atoms with E-state index in [1.54, 1.807) is 17.2 Å². The third-order valence-corrected chi connectivity index (χ3v) is 6.67. The van der Waals surface area contributed by atoms with E-state index in [4.69, 9.17) is 9.47 Å². The second kappa shape index (κ2) is 8.55. The number of rotatable bonds is 6. The maximum absolute atomic E-state index is 14.9. The van der Waals surface area contributed by atoms with Crippen molar-refractivity contribution in [3.05, 3.63) is 36.5 Å². The van der Waals surface area contributed by atoms with Crippen LogP contribution >= 0.6 is 0 Å². The Kier molecular flexibility index (Phi) is 5.44. The Bertz CT molecular complexity index is 1420. The van der Waals surface area contributed by atoms with E-state index in [0.29, 0.717) is 36.4 Å². The molecule has 1 unspecified atom stereocenters. The van der Waals surface area contributed by atoms with Gasteiger partial charge in [-0.1, -0.05) is 0 Å². The molecule has 0 spiro atoms. The first-order valence-electron chi connectivity index (χ1n) is 11.3. The van der Waals surface area contributed by atoms with Gasteiger partial charge >= 0.3 is 0 Å². The molecule has 4 aromatic heterocycles. The lowest BCUT2D eigenvalue weighted by atomic mass is 9.98. The fourth-order valence-corrected chi connectivity index (χ4v) is 4.67. The van der Waals surface area contributed by atoms with Gasteiger partial charge in [-0.25, -0.2) is 32.0 Å². The average Bonchev–Trinajstić information content (AvgIpc) is 3.42. The third-order valence-electron chi connectivity index (χ3n) is 6.67. The summed E-state index contributed by atoms with van der Waals surface area (Å²) < 4.78 is 69.8. The van der Waals surface area contributed by atoms with Crippen molar-refractivity contribution in [2.24, 2.45) is 0 Å². The van der Waals surface area contributed by atoms with Gasteiger partial charge in [0.15, 0.2) is 0 Å². The summed E-state index contributed by atoms with van der Waals surface area (Å²) in [5, 5.41) is 7.14. The van der Waals surface area contributed by atoms with Crippen molar-refractivity contribution >= 4 is 17.2 Å². The second-order valence-corrected chi connectivity index (χ2v) is 8.87. The predicted octanol–water partition coefficient (Wildman–Crippen LogP) is 2.91. The van der Waals surface area contributed by atoms with Crippen LogP contribution in [0, 0.1) is 0 Å². The van der Waals surface area contributed by atoms with E-state index in [1.807, 2.05) is 0 Å². The summed E-state index contributed by atoms with van der Waals surface area (Å²) in [6.07, 6.45) is 3.19. The molecule has 190 valence electrons. The van der Waals surface area contributed by atoms with Gasteiger partial charge in [-0.15, -0.1) is 5.10 Å². The van der Waals surface area contributed by atoms with Gasteiger partial charge in [0.25, 0.3) is 12.3 Å². The van der Waals surface area contributed by atoms with Crippen molar-refractivity contribution < 1.29 is 27.0 Å². The second-order valence-electron chi connectivity index (χ2n) is 8.87. The van der Waals surface area contributed by atoms with Gasteiger partial charge in [-0.2, -0.15) is 4.98 Å². The molecule has 36 heavy (non-hydrogen) atoms. The molecule has 4 aromatic rings. The van der Waals surface area contributed by atoms with Crippen LogP contribution in [0.1, 0.15) is 18.5 Å². The van der Waals surface area contributed by atoms with E-state index < -0.39 is 18.4 Å². The Morgan fingerprint density at radius 3 is 2.72 bits per heavy atom. The number of fused-ring (bicyclic) bond motifs is 2. The highest BCUT2D eigenvalue weighted by molar-refractivity contribution is 5.84. The molecule has 0 aromatic carbocycles. The first-order chi connectivity index (χ1) is 17.3. The van der Waals surface area contributed by atoms with Crippen LogP contribution in [0.25, 0.3) is 22.4 Å². The molecule has 10 nitrogen and oxygen atoms in total. The molecule has 0 aliphatic carbocycles. The van der Waals surface area contributed by atoms with Crippen molar-refractivity contribution in [1.82, 2.24) is 33.9 Å². The van der Waals surface area contributed by atoms with Gasteiger partial charge in [-0.3, -0.25) is 9.30 Å². The summed E-state index contributed by atoms with van der Waals surface area (Å²) in [4.78, 5) is 14.1. The highest BCUT2D eigenvalue weighted by Gasteiger charge is 2.47. The number of hydrogen-bond acceptors (Lipinski definition) is 8. The Balaban J connectivity index is 1.31. The highest BCUT2D eigenvalue weighted by atomic mass is 19.3. The van der Waals surface area contributed by atoms with Crippen LogP contribution < -0.4 is 10.1 Å². The maximum Gasteiger partial charge on any atom is 0.280 e. The first-order valence-corrected chi connectivity index (χ1v) is 11.3. The fraction of sp³-hybridized carbons (Fsp3) is 0.455. The zero-order valence-electron chi connectivity index (χ0n) is 19.1. The number of hydrogen-bond donors (Lipinski definition) is 1. The largest absolute Gasteiger partial charge is 0.479 e. The summed E-state index contributed by atoms with van der Waals surface area (Å²) in [6, 6.07) is 0.592. The number of imidazole rings is 1. The molecule has 2 fully saturated rings. The molecule has 6 heterocycles. The van der Waals surface area contributed by atoms with Crippen LogP contribution in [-0.4, -0.2) is 85.3 Å². The quantitative estimate of drug-likeness (QED) is 0.399. The number of methoxy groups -OCH3 is 1. The Morgan fingerprint density at radius 2 is 2.03 bits per heavy atom. The monoisotopic (exact) mass is 506 g/mol. The number of piperidine rings is 1. The summed E-state index contributed by atoms with van der Waals surface area (Å²) in [7, 11) is 1.41. The molecule has 0 saturated carbocycles. The number of anilines is 1. The summed E-state index contributed by atoms with van der Waals surface area (Å²) in [6.45, 7) is 1.11. The molecule has 1 atom stereocenters. The molecule has 0 radical (unpaired) electrons. The number of alkyl halides is 4.